The summed E-state index contributed by atoms with van der Waals surface area (Å²) in [5.41, 5.74) is 3.34. The third-order valence-corrected chi connectivity index (χ3v) is 5.50. The number of carbonyl (C=O) groups excluding carboxylic acids is 1. The summed E-state index contributed by atoms with van der Waals surface area (Å²) in [6.07, 6.45) is 2.84. The molecular weight excluding hydrogens is 349 g/mol. The molecule has 0 aliphatic carbocycles. The number of fused-ring (bicyclic) bond motifs is 3. The molecule has 2 heterocycles. The maximum atomic E-state index is 13.1. The van der Waals surface area contributed by atoms with Gasteiger partial charge in [-0.05, 0) is 55.8 Å². The minimum atomic E-state index is -0.261. The van der Waals surface area contributed by atoms with Gasteiger partial charge in [-0.3, -0.25) is 9.20 Å². The van der Waals surface area contributed by atoms with E-state index in [4.69, 9.17) is 0 Å². The predicted molar refractivity (Wildman–Crippen MR) is 103 cm³/mol. The number of nitrogens with zero attached hydrogens (tertiary/aromatic N) is 2. The van der Waals surface area contributed by atoms with Gasteiger partial charge in [0.15, 0.2) is 4.96 Å². The molecule has 4 nitrogen and oxygen atoms in total. The Labute approximate surface area is 154 Å². The van der Waals surface area contributed by atoms with Crippen LogP contribution in [-0.4, -0.2) is 21.3 Å². The maximum absolute atomic E-state index is 13.1. The van der Waals surface area contributed by atoms with Gasteiger partial charge in [-0.1, -0.05) is 18.3 Å². The van der Waals surface area contributed by atoms with Crippen LogP contribution in [0.1, 0.15) is 30.6 Å². The first-order chi connectivity index (χ1) is 12.5. The van der Waals surface area contributed by atoms with Crippen molar-refractivity contribution < 1.29 is 9.18 Å². The minimum Gasteiger partial charge on any atom is -0.350 e. The molecule has 0 radical (unpaired) electrons. The lowest BCUT2D eigenvalue weighted by atomic mass is 10.1. The Balaban J connectivity index is 1.70. The van der Waals surface area contributed by atoms with Crippen molar-refractivity contribution in [1.82, 2.24) is 14.7 Å². The second-order valence-corrected chi connectivity index (χ2v) is 7.36. The highest BCUT2D eigenvalue weighted by molar-refractivity contribution is 7.23. The number of carbonyl (C=O) groups is 1. The zero-order chi connectivity index (χ0) is 18.3. The van der Waals surface area contributed by atoms with Crippen molar-refractivity contribution in [3.05, 3.63) is 60.0 Å². The number of thiazole rings is 1. The molecule has 2 aromatic heterocycles. The molecule has 0 aliphatic rings. The van der Waals surface area contributed by atoms with E-state index >= 15 is 0 Å². The monoisotopic (exact) mass is 367 g/mol. The van der Waals surface area contributed by atoms with Gasteiger partial charge in [0.1, 0.15) is 5.82 Å². The van der Waals surface area contributed by atoms with Crippen LogP contribution < -0.4 is 5.32 Å². The number of rotatable bonds is 4. The largest absolute Gasteiger partial charge is 0.350 e. The summed E-state index contributed by atoms with van der Waals surface area (Å²) in [5, 5.41) is 2.99. The van der Waals surface area contributed by atoms with Crippen LogP contribution in [0, 0.1) is 5.82 Å². The third kappa shape index (κ3) is 2.97. The van der Waals surface area contributed by atoms with E-state index in [9.17, 15) is 9.18 Å². The Morgan fingerprint density at radius 3 is 2.77 bits per heavy atom. The van der Waals surface area contributed by atoms with Gasteiger partial charge in [-0.2, -0.15) is 0 Å². The van der Waals surface area contributed by atoms with Crippen molar-refractivity contribution in [2.24, 2.45) is 0 Å². The number of amides is 1. The SMILES string of the molecule is CCC(C)NC(=O)c1ccc2c(c1)sc1nc(-c3ccc(F)cc3)cn12. The fraction of sp³-hybridized carbons (Fsp3) is 0.200. The van der Waals surface area contributed by atoms with Crippen LogP contribution >= 0.6 is 11.3 Å². The van der Waals surface area contributed by atoms with E-state index in [1.54, 1.807) is 12.1 Å². The average molecular weight is 367 g/mol. The Morgan fingerprint density at radius 2 is 2.04 bits per heavy atom. The molecule has 0 saturated heterocycles. The highest BCUT2D eigenvalue weighted by atomic mass is 32.1. The lowest BCUT2D eigenvalue weighted by Crippen LogP contribution is -2.31. The van der Waals surface area contributed by atoms with E-state index in [1.807, 2.05) is 42.6 Å². The minimum absolute atomic E-state index is 0.0562. The second-order valence-electron chi connectivity index (χ2n) is 6.35. The summed E-state index contributed by atoms with van der Waals surface area (Å²) in [6, 6.07) is 12.2. The van der Waals surface area contributed by atoms with Crippen molar-refractivity contribution in [2.75, 3.05) is 0 Å². The number of imidazole rings is 1. The van der Waals surface area contributed by atoms with Gasteiger partial charge in [0.05, 0.1) is 15.9 Å². The van der Waals surface area contributed by atoms with E-state index in [0.717, 1.165) is 32.9 Å². The summed E-state index contributed by atoms with van der Waals surface area (Å²) in [6.45, 7) is 4.04. The molecule has 0 aliphatic heterocycles. The lowest BCUT2D eigenvalue weighted by molar-refractivity contribution is 0.0939. The zero-order valence-electron chi connectivity index (χ0n) is 14.5. The second kappa shape index (κ2) is 6.53. The quantitative estimate of drug-likeness (QED) is 0.559. The van der Waals surface area contributed by atoms with E-state index in [2.05, 4.69) is 10.3 Å². The molecule has 6 heteroatoms. The normalized spacial score (nSPS) is 12.6. The Hall–Kier alpha value is -2.73. The zero-order valence-corrected chi connectivity index (χ0v) is 15.3. The van der Waals surface area contributed by atoms with E-state index < -0.39 is 0 Å². The topological polar surface area (TPSA) is 46.4 Å². The van der Waals surface area contributed by atoms with Gasteiger partial charge >= 0.3 is 0 Å². The van der Waals surface area contributed by atoms with Crippen LogP contribution in [0.3, 0.4) is 0 Å². The molecule has 1 unspecified atom stereocenters. The Bertz CT molecular complexity index is 1100. The van der Waals surface area contributed by atoms with Crippen LogP contribution in [0.15, 0.2) is 48.7 Å². The van der Waals surface area contributed by atoms with Gasteiger partial charge in [-0.25, -0.2) is 9.37 Å². The fourth-order valence-corrected chi connectivity index (χ4v) is 3.86. The Morgan fingerprint density at radius 1 is 1.27 bits per heavy atom. The summed E-state index contributed by atoms with van der Waals surface area (Å²) < 4.78 is 16.1. The van der Waals surface area contributed by atoms with Gasteiger partial charge < -0.3 is 5.32 Å². The molecule has 0 fully saturated rings. The fourth-order valence-electron chi connectivity index (χ4n) is 2.81. The average Bonchev–Trinajstić information content (AvgIpc) is 3.19. The molecule has 0 saturated carbocycles. The standard InChI is InChI=1S/C20H18FN3OS/c1-3-12(2)22-19(25)14-6-9-17-18(10-14)26-20-23-16(11-24(17)20)13-4-7-15(21)8-5-13/h4-12H,3H2,1-2H3,(H,22,25). The molecule has 1 atom stereocenters. The summed E-state index contributed by atoms with van der Waals surface area (Å²) in [5.74, 6) is -0.317. The number of aromatic nitrogens is 2. The number of nitrogens with one attached hydrogen (secondary N) is 1. The number of hydrogen-bond acceptors (Lipinski definition) is 3. The number of halogens is 1. The molecule has 1 N–H and O–H groups in total. The van der Waals surface area contributed by atoms with Crippen molar-refractivity contribution in [3.63, 3.8) is 0 Å². The highest BCUT2D eigenvalue weighted by Gasteiger charge is 2.14. The van der Waals surface area contributed by atoms with E-state index in [1.165, 1.54) is 23.5 Å². The summed E-state index contributed by atoms with van der Waals surface area (Å²) in [4.78, 5) is 17.8. The van der Waals surface area contributed by atoms with Crippen LogP contribution in [0.5, 0.6) is 0 Å². The van der Waals surface area contributed by atoms with Crippen LogP contribution in [0.2, 0.25) is 0 Å². The summed E-state index contributed by atoms with van der Waals surface area (Å²) in [7, 11) is 0. The van der Waals surface area contributed by atoms with Gasteiger partial charge in [-0.15, -0.1) is 0 Å². The first-order valence-electron chi connectivity index (χ1n) is 8.53. The van der Waals surface area contributed by atoms with Gasteiger partial charge in [0.2, 0.25) is 0 Å². The van der Waals surface area contributed by atoms with Crippen molar-refractivity contribution in [1.29, 1.82) is 0 Å². The number of benzene rings is 2. The maximum Gasteiger partial charge on any atom is 0.251 e. The molecule has 132 valence electrons. The van der Waals surface area contributed by atoms with Crippen LogP contribution in [0.25, 0.3) is 26.4 Å². The smallest absolute Gasteiger partial charge is 0.251 e. The molecule has 0 spiro atoms. The molecule has 26 heavy (non-hydrogen) atoms. The lowest BCUT2D eigenvalue weighted by Gasteiger charge is -2.11. The first kappa shape index (κ1) is 16.7. The van der Waals surface area contributed by atoms with Crippen molar-refractivity contribution in [3.8, 4) is 11.3 Å². The molecule has 2 aromatic carbocycles. The van der Waals surface area contributed by atoms with Crippen LogP contribution in [-0.2, 0) is 0 Å². The molecule has 0 bridgehead atoms. The molecule has 1 amide bonds. The molecular formula is C20H18FN3OS. The first-order valence-corrected chi connectivity index (χ1v) is 9.35. The van der Waals surface area contributed by atoms with E-state index in [0.29, 0.717) is 5.56 Å². The third-order valence-electron chi connectivity index (χ3n) is 4.49. The molecule has 4 rings (SSSR count). The van der Waals surface area contributed by atoms with E-state index in [-0.39, 0.29) is 17.8 Å². The number of hydrogen-bond donors (Lipinski definition) is 1. The predicted octanol–water partition coefficient (Wildman–Crippen LogP) is 4.88. The van der Waals surface area contributed by atoms with Crippen molar-refractivity contribution >= 4 is 32.4 Å². The molecule has 4 aromatic rings. The van der Waals surface area contributed by atoms with Gasteiger partial charge in [0, 0.05) is 23.4 Å². The van der Waals surface area contributed by atoms with Gasteiger partial charge in [0.25, 0.3) is 5.91 Å². The highest BCUT2D eigenvalue weighted by Crippen LogP contribution is 2.30. The van der Waals surface area contributed by atoms with Crippen LogP contribution in [0.4, 0.5) is 4.39 Å². The van der Waals surface area contributed by atoms with Crippen molar-refractivity contribution in [2.45, 2.75) is 26.3 Å². The summed E-state index contributed by atoms with van der Waals surface area (Å²) >= 11 is 1.53. The Kier molecular flexibility index (Phi) is 4.20.